The molecule has 0 atom stereocenters. The lowest BCUT2D eigenvalue weighted by atomic mass is 10.1. The smallest absolute Gasteiger partial charge is 0.350 e. The molecule has 0 saturated carbocycles. The average molecular weight is 423 g/mol. The molecule has 2 rings (SSSR count). The minimum Gasteiger partial charge on any atom is -0.491 e. The molecule has 0 N–H and O–H groups in total. The van der Waals surface area contributed by atoms with E-state index >= 15 is 0 Å². The van der Waals surface area contributed by atoms with Crippen molar-refractivity contribution in [2.24, 2.45) is 5.92 Å². The Labute approximate surface area is 159 Å². The number of carbonyl (C=O) groups excluding carboxylic acids is 1. The number of nitrogens with zero attached hydrogens (tertiary/aromatic N) is 2. The normalized spacial score (nSPS) is 10.6. The number of aryl methyl sites for hydroxylation is 1. The van der Waals surface area contributed by atoms with Crippen molar-refractivity contribution in [3.8, 4) is 22.4 Å². The average Bonchev–Trinajstić information content (AvgIpc) is 2.95. The topological polar surface area (TPSA) is 72.2 Å². The zero-order valence-electron chi connectivity index (χ0n) is 14.6. The van der Waals surface area contributed by atoms with E-state index in [0.29, 0.717) is 50.5 Å². The maximum Gasteiger partial charge on any atom is 0.350 e. The first-order valence-electron chi connectivity index (χ1n) is 7.88. The monoisotopic (exact) mass is 422 g/mol. The van der Waals surface area contributed by atoms with Crippen LogP contribution in [0.3, 0.4) is 0 Å². The molecule has 0 fully saturated rings. The van der Waals surface area contributed by atoms with Gasteiger partial charge in [0.15, 0.2) is 5.75 Å². The van der Waals surface area contributed by atoms with Gasteiger partial charge in [0.2, 0.25) is 0 Å². The van der Waals surface area contributed by atoms with E-state index in [1.807, 2.05) is 19.9 Å². The molecule has 1 aromatic carbocycles. The van der Waals surface area contributed by atoms with E-state index in [1.165, 1.54) is 11.3 Å². The minimum absolute atomic E-state index is 0.317. The van der Waals surface area contributed by atoms with Crippen LogP contribution in [0.15, 0.2) is 16.6 Å². The van der Waals surface area contributed by atoms with Crippen molar-refractivity contribution in [3.05, 3.63) is 32.7 Å². The third kappa shape index (κ3) is 4.59. The number of halogens is 1. The fourth-order valence-electron chi connectivity index (χ4n) is 2.10. The van der Waals surface area contributed by atoms with Gasteiger partial charge in [-0.1, -0.05) is 13.8 Å². The molecule has 5 nitrogen and oxygen atoms in total. The largest absolute Gasteiger partial charge is 0.491 e. The highest BCUT2D eigenvalue weighted by molar-refractivity contribution is 9.10. The van der Waals surface area contributed by atoms with E-state index in [2.05, 4.69) is 27.0 Å². The summed E-state index contributed by atoms with van der Waals surface area (Å²) in [5.74, 6) is 0.505. The Bertz CT molecular complexity index is 824. The molecule has 2 aromatic rings. The van der Waals surface area contributed by atoms with Crippen LogP contribution in [0.5, 0.6) is 5.75 Å². The van der Waals surface area contributed by atoms with Crippen molar-refractivity contribution in [2.45, 2.75) is 27.7 Å². The Morgan fingerprint density at radius 2 is 2.16 bits per heavy atom. The standard InChI is InChI=1S/C18H19BrN2O3S/c1-5-23-18(22)16-11(4)21-17(25-16)12-6-13(8-20)15(14(19)7-12)24-9-10(2)3/h6-7,10H,5,9H2,1-4H3. The lowest BCUT2D eigenvalue weighted by Crippen LogP contribution is -2.06. The summed E-state index contributed by atoms with van der Waals surface area (Å²) >= 11 is 4.73. The summed E-state index contributed by atoms with van der Waals surface area (Å²) in [6.07, 6.45) is 0. The highest BCUT2D eigenvalue weighted by Crippen LogP contribution is 2.37. The summed E-state index contributed by atoms with van der Waals surface area (Å²) in [4.78, 5) is 16.9. The zero-order chi connectivity index (χ0) is 18.6. The fourth-order valence-corrected chi connectivity index (χ4v) is 3.62. The fraction of sp³-hybridized carbons (Fsp3) is 0.389. The number of carbonyl (C=O) groups is 1. The van der Waals surface area contributed by atoms with E-state index in [0.717, 1.165) is 5.56 Å². The quantitative estimate of drug-likeness (QED) is 0.614. The van der Waals surface area contributed by atoms with Crippen molar-refractivity contribution in [1.29, 1.82) is 5.26 Å². The second kappa shape index (κ2) is 8.45. The van der Waals surface area contributed by atoms with E-state index in [4.69, 9.17) is 9.47 Å². The van der Waals surface area contributed by atoms with Crippen LogP contribution in [-0.2, 0) is 4.74 Å². The molecule has 1 aromatic heterocycles. The zero-order valence-corrected chi connectivity index (χ0v) is 17.0. The van der Waals surface area contributed by atoms with Crippen LogP contribution in [0.2, 0.25) is 0 Å². The summed E-state index contributed by atoms with van der Waals surface area (Å²) in [6.45, 7) is 8.47. The summed E-state index contributed by atoms with van der Waals surface area (Å²) in [7, 11) is 0. The number of esters is 1. The Hall–Kier alpha value is -1.91. The van der Waals surface area contributed by atoms with Gasteiger partial charge < -0.3 is 9.47 Å². The van der Waals surface area contributed by atoms with Gasteiger partial charge in [0.25, 0.3) is 0 Å². The molecule has 0 saturated heterocycles. The van der Waals surface area contributed by atoms with Gasteiger partial charge >= 0.3 is 5.97 Å². The van der Waals surface area contributed by atoms with Gasteiger partial charge in [-0.05, 0) is 47.8 Å². The van der Waals surface area contributed by atoms with Crippen molar-refractivity contribution < 1.29 is 14.3 Å². The van der Waals surface area contributed by atoms with Crippen LogP contribution in [0.1, 0.15) is 41.7 Å². The van der Waals surface area contributed by atoms with Gasteiger partial charge in [0.05, 0.1) is 28.9 Å². The Kier molecular flexibility index (Phi) is 6.57. The van der Waals surface area contributed by atoms with E-state index < -0.39 is 0 Å². The number of nitriles is 1. The predicted octanol–water partition coefficient (Wildman–Crippen LogP) is 4.96. The maximum absolute atomic E-state index is 12.0. The first kappa shape index (κ1) is 19.4. The first-order valence-corrected chi connectivity index (χ1v) is 9.49. The summed E-state index contributed by atoms with van der Waals surface area (Å²) in [5, 5.41) is 10.1. The van der Waals surface area contributed by atoms with Crippen LogP contribution in [-0.4, -0.2) is 24.2 Å². The van der Waals surface area contributed by atoms with Crippen LogP contribution in [0.25, 0.3) is 10.6 Å². The van der Waals surface area contributed by atoms with Crippen LogP contribution >= 0.6 is 27.3 Å². The molecule has 132 valence electrons. The second-order valence-corrected chi connectivity index (χ2v) is 7.66. The number of aromatic nitrogens is 1. The van der Waals surface area contributed by atoms with Gasteiger partial charge in [0.1, 0.15) is 16.0 Å². The van der Waals surface area contributed by atoms with Gasteiger partial charge in [-0.15, -0.1) is 11.3 Å². The third-order valence-corrected chi connectivity index (χ3v) is 5.01. The predicted molar refractivity (Wildman–Crippen MR) is 101 cm³/mol. The van der Waals surface area contributed by atoms with Gasteiger partial charge in [-0.3, -0.25) is 0 Å². The number of hydrogen-bond donors (Lipinski definition) is 0. The third-order valence-electron chi connectivity index (χ3n) is 3.23. The second-order valence-electron chi connectivity index (χ2n) is 5.81. The highest BCUT2D eigenvalue weighted by Gasteiger charge is 2.19. The van der Waals surface area contributed by atoms with Crippen molar-refractivity contribution >= 4 is 33.2 Å². The molecule has 25 heavy (non-hydrogen) atoms. The molecule has 7 heteroatoms. The number of benzene rings is 1. The Morgan fingerprint density at radius 3 is 2.76 bits per heavy atom. The number of ether oxygens (including phenoxy) is 2. The molecule has 0 amide bonds. The molecular formula is C18H19BrN2O3S. The molecule has 0 bridgehead atoms. The molecule has 0 aliphatic carbocycles. The van der Waals surface area contributed by atoms with E-state index in [1.54, 1.807) is 19.9 Å². The number of rotatable bonds is 6. The van der Waals surface area contributed by atoms with Gasteiger partial charge in [-0.25, -0.2) is 9.78 Å². The van der Waals surface area contributed by atoms with Crippen molar-refractivity contribution in [1.82, 2.24) is 4.98 Å². The van der Waals surface area contributed by atoms with E-state index in [9.17, 15) is 10.1 Å². The Balaban J connectivity index is 2.41. The minimum atomic E-state index is -0.375. The molecule has 0 spiro atoms. The van der Waals surface area contributed by atoms with Crippen molar-refractivity contribution in [2.75, 3.05) is 13.2 Å². The molecule has 0 radical (unpaired) electrons. The van der Waals surface area contributed by atoms with Crippen LogP contribution < -0.4 is 4.74 Å². The summed E-state index contributed by atoms with van der Waals surface area (Å²) in [6, 6.07) is 5.75. The molecular weight excluding hydrogens is 404 g/mol. The SMILES string of the molecule is CCOC(=O)c1sc(-c2cc(Br)c(OCC(C)C)c(C#N)c2)nc1C. The van der Waals surface area contributed by atoms with Crippen LogP contribution in [0.4, 0.5) is 0 Å². The summed E-state index contributed by atoms with van der Waals surface area (Å²) < 4.78 is 11.5. The molecule has 0 aliphatic heterocycles. The lowest BCUT2D eigenvalue weighted by molar-refractivity contribution is 0.0531. The summed E-state index contributed by atoms with van der Waals surface area (Å²) in [5.41, 5.74) is 1.80. The molecule has 0 aliphatic rings. The maximum atomic E-state index is 12.0. The molecule has 0 unspecified atom stereocenters. The first-order chi connectivity index (χ1) is 11.9. The van der Waals surface area contributed by atoms with Crippen molar-refractivity contribution in [3.63, 3.8) is 0 Å². The lowest BCUT2D eigenvalue weighted by Gasteiger charge is -2.12. The number of hydrogen-bond acceptors (Lipinski definition) is 6. The number of thiazole rings is 1. The van der Waals surface area contributed by atoms with Gasteiger partial charge in [0, 0.05) is 5.56 Å². The van der Waals surface area contributed by atoms with Crippen LogP contribution in [0, 0.1) is 24.2 Å². The van der Waals surface area contributed by atoms with Gasteiger partial charge in [-0.2, -0.15) is 5.26 Å². The molecule has 1 heterocycles. The highest BCUT2D eigenvalue weighted by atomic mass is 79.9. The Morgan fingerprint density at radius 1 is 1.44 bits per heavy atom. The van der Waals surface area contributed by atoms with E-state index in [-0.39, 0.29) is 5.97 Å².